The van der Waals surface area contributed by atoms with Crippen molar-refractivity contribution in [2.24, 2.45) is 5.10 Å². The minimum absolute atomic E-state index is 0.0809. The van der Waals surface area contributed by atoms with Crippen molar-refractivity contribution in [3.63, 3.8) is 0 Å². The molecule has 0 aliphatic rings. The van der Waals surface area contributed by atoms with Gasteiger partial charge >= 0.3 is 11.8 Å². The van der Waals surface area contributed by atoms with Gasteiger partial charge in [-0.15, -0.1) is 0 Å². The van der Waals surface area contributed by atoms with Crippen molar-refractivity contribution >= 4 is 23.7 Å². The van der Waals surface area contributed by atoms with Crippen LogP contribution in [0.25, 0.3) is 0 Å². The molecule has 8 nitrogen and oxygen atoms in total. The van der Waals surface area contributed by atoms with E-state index < -0.39 is 16.7 Å². The summed E-state index contributed by atoms with van der Waals surface area (Å²) in [6.45, 7) is 2.40. The third-order valence-corrected chi connectivity index (χ3v) is 2.48. The van der Waals surface area contributed by atoms with Crippen molar-refractivity contribution in [1.82, 2.24) is 10.7 Å². The molecule has 0 aliphatic heterocycles. The maximum Gasteiger partial charge on any atom is 0.329 e. The van der Waals surface area contributed by atoms with E-state index in [1.807, 2.05) is 6.92 Å². The van der Waals surface area contributed by atoms with E-state index in [-0.39, 0.29) is 5.69 Å². The third-order valence-electron chi connectivity index (χ3n) is 2.48. The van der Waals surface area contributed by atoms with Crippen LogP contribution in [-0.2, 0) is 9.59 Å². The highest BCUT2D eigenvalue weighted by Gasteiger charge is 2.11. The van der Waals surface area contributed by atoms with Crippen molar-refractivity contribution in [3.05, 3.63) is 39.9 Å². The summed E-state index contributed by atoms with van der Waals surface area (Å²) in [7, 11) is 0. The lowest BCUT2D eigenvalue weighted by Gasteiger charge is -2.02. The molecule has 0 radical (unpaired) electrons. The fourth-order valence-corrected chi connectivity index (χ4v) is 1.39. The van der Waals surface area contributed by atoms with Crippen molar-refractivity contribution in [2.75, 3.05) is 6.54 Å². The zero-order chi connectivity index (χ0) is 15.7. The maximum atomic E-state index is 11.4. The van der Waals surface area contributed by atoms with E-state index in [4.69, 9.17) is 0 Å². The Balaban J connectivity index is 2.50. The van der Waals surface area contributed by atoms with E-state index in [1.54, 1.807) is 6.07 Å². The number of nitrogens with one attached hydrogen (secondary N) is 2. The number of nitrogens with zero attached hydrogens (tertiary/aromatic N) is 2. The molecule has 0 bridgehead atoms. The number of benzene rings is 1. The fraction of sp³-hybridized carbons (Fsp3) is 0.308. The average Bonchev–Trinajstić information content (AvgIpc) is 2.47. The average molecular weight is 292 g/mol. The first-order valence-corrected chi connectivity index (χ1v) is 6.40. The number of unbranched alkanes of at least 4 members (excludes halogenated alkanes) is 1. The number of non-ortho nitro benzene ring substituents is 1. The van der Waals surface area contributed by atoms with E-state index in [0.717, 1.165) is 12.8 Å². The number of carbonyl (C=O) groups is 2. The van der Waals surface area contributed by atoms with Crippen molar-refractivity contribution < 1.29 is 14.5 Å². The quantitative estimate of drug-likeness (QED) is 0.267. The van der Waals surface area contributed by atoms with Gasteiger partial charge in [-0.2, -0.15) is 5.10 Å². The molecule has 0 aliphatic carbocycles. The maximum absolute atomic E-state index is 11.4. The molecule has 0 aromatic heterocycles. The van der Waals surface area contributed by atoms with Gasteiger partial charge in [-0.25, -0.2) is 5.43 Å². The van der Waals surface area contributed by atoms with E-state index in [9.17, 15) is 19.7 Å². The Kier molecular flexibility index (Phi) is 6.52. The van der Waals surface area contributed by atoms with Gasteiger partial charge < -0.3 is 5.32 Å². The zero-order valence-corrected chi connectivity index (χ0v) is 11.5. The SMILES string of the molecule is CCCCNC(=O)C(=O)N/N=C\c1cccc([N+](=O)[O-])c1. The molecule has 21 heavy (non-hydrogen) atoms. The highest BCUT2D eigenvalue weighted by Crippen LogP contribution is 2.11. The molecule has 8 heteroatoms. The van der Waals surface area contributed by atoms with Crippen LogP contribution in [0.15, 0.2) is 29.4 Å². The minimum Gasteiger partial charge on any atom is -0.348 e. The van der Waals surface area contributed by atoms with Crippen molar-refractivity contribution in [1.29, 1.82) is 0 Å². The number of amides is 2. The monoisotopic (exact) mass is 292 g/mol. The number of rotatable bonds is 6. The lowest BCUT2D eigenvalue weighted by Crippen LogP contribution is -2.38. The van der Waals surface area contributed by atoms with Gasteiger partial charge in [0.25, 0.3) is 5.69 Å². The first-order valence-electron chi connectivity index (χ1n) is 6.40. The zero-order valence-electron chi connectivity index (χ0n) is 11.5. The van der Waals surface area contributed by atoms with Crippen LogP contribution < -0.4 is 10.7 Å². The molecule has 1 rings (SSSR count). The second kappa shape index (κ2) is 8.41. The number of carbonyl (C=O) groups excluding carboxylic acids is 2. The summed E-state index contributed by atoms with van der Waals surface area (Å²) in [6.07, 6.45) is 2.92. The van der Waals surface area contributed by atoms with Crippen LogP contribution in [0.2, 0.25) is 0 Å². The summed E-state index contributed by atoms with van der Waals surface area (Å²) < 4.78 is 0. The molecule has 0 spiro atoms. The third kappa shape index (κ3) is 5.81. The largest absolute Gasteiger partial charge is 0.348 e. The van der Waals surface area contributed by atoms with E-state index in [1.165, 1.54) is 24.4 Å². The van der Waals surface area contributed by atoms with Crippen LogP contribution in [0.4, 0.5) is 5.69 Å². The summed E-state index contributed by atoms with van der Waals surface area (Å²) in [5.74, 6) is -1.65. The number of hydrogen-bond acceptors (Lipinski definition) is 5. The van der Waals surface area contributed by atoms with Crippen LogP contribution in [0.5, 0.6) is 0 Å². The van der Waals surface area contributed by atoms with Gasteiger partial charge in [-0.3, -0.25) is 19.7 Å². The predicted octanol–water partition coefficient (Wildman–Crippen LogP) is 0.961. The smallest absolute Gasteiger partial charge is 0.329 e. The Bertz CT molecular complexity index is 557. The van der Waals surface area contributed by atoms with Gasteiger partial charge in [0.2, 0.25) is 0 Å². The molecule has 0 saturated carbocycles. The standard InChI is InChI=1S/C13H16N4O4/c1-2-3-7-14-12(18)13(19)16-15-9-10-5-4-6-11(8-10)17(20)21/h4-6,8-9H,2-3,7H2,1H3,(H,14,18)(H,16,19)/b15-9-. The van der Waals surface area contributed by atoms with Crippen molar-refractivity contribution in [3.8, 4) is 0 Å². The molecule has 1 aromatic carbocycles. The van der Waals surface area contributed by atoms with E-state index in [2.05, 4.69) is 15.8 Å². The van der Waals surface area contributed by atoms with Gasteiger partial charge in [0.05, 0.1) is 11.1 Å². The summed E-state index contributed by atoms with van der Waals surface area (Å²) in [4.78, 5) is 32.7. The molecule has 0 unspecified atom stereocenters. The molecular formula is C13H16N4O4. The summed E-state index contributed by atoms with van der Waals surface area (Å²) in [5, 5.41) is 16.6. The normalized spacial score (nSPS) is 10.3. The second-order valence-electron chi connectivity index (χ2n) is 4.16. The Hall–Kier alpha value is -2.77. The topological polar surface area (TPSA) is 114 Å². The summed E-state index contributed by atoms with van der Waals surface area (Å²) in [5.41, 5.74) is 2.41. The minimum atomic E-state index is -0.882. The lowest BCUT2D eigenvalue weighted by atomic mass is 10.2. The van der Waals surface area contributed by atoms with Crippen LogP contribution in [-0.4, -0.2) is 29.5 Å². The highest BCUT2D eigenvalue weighted by atomic mass is 16.6. The molecular weight excluding hydrogens is 276 g/mol. The number of nitro groups is 1. The Morgan fingerprint density at radius 3 is 2.81 bits per heavy atom. The fourth-order valence-electron chi connectivity index (χ4n) is 1.39. The lowest BCUT2D eigenvalue weighted by molar-refractivity contribution is -0.384. The Morgan fingerprint density at radius 1 is 1.38 bits per heavy atom. The molecule has 2 amide bonds. The number of nitro benzene ring substituents is 1. The Labute approximate surface area is 121 Å². The number of hydrazone groups is 1. The number of hydrogen-bond donors (Lipinski definition) is 2. The second-order valence-corrected chi connectivity index (χ2v) is 4.16. The molecule has 0 atom stereocenters. The van der Waals surface area contributed by atoms with Gasteiger partial charge in [0.15, 0.2) is 0 Å². The van der Waals surface area contributed by atoms with Crippen LogP contribution in [0.3, 0.4) is 0 Å². The van der Waals surface area contributed by atoms with Crippen LogP contribution in [0.1, 0.15) is 25.3 Å². The van der Waals surface area contributed by atoms with E-state index >= 15 is 0 Å². The summed E-state index contributed by atoms with van der Waals surface area (Å²) >= 11 is 0. The molecule has 0 heterocycles. The van der Waals surface area contributed by atoms with Gasteiger partial charge in [-0.05, 0) is 6.42 Å². The van der Waals surface area contributed by atoms with Crippen molar-refractivity contribution in [2.45, 2.75) is 19.8 Å². The van der Waals surface area contributed by atoms with Gasteiger partial charge in [0, 0.05) is 24.2 Å². The first-order chi connectivity index (χ1) is 10.0. The molecule has 1 aromatic rings. The predicted molar refractivity (Wildman–Crippen MR) is 76.8 cm³/mol. The highest BCUT2D eigenvalue weighted by molar-refractivity contribution is 6.35. The molecule has 0 saturated heterocycles. The molecule has 2 N–H and O–H groups in total. The van der Waals surface area contributed by atoms with Crippen LogP contribution >= 0.6 is 0 Å². The van der Waals surface area contributed by atoms with Gasteiger partial charge in [0.1, 0.15) is 0 Å². The molecule has 112 valence electrons. The summed E-state index contributed by atoms with van der Waals surface area (Å²) in [6, 6.07) is 5.73. The molecule has 0 fully saturated rings. The van der Waals surface area contributed by atoms with Crippen LogP contribution in [0, 0.1) is 10.1 Å². The first kappa shape index (κ1) is 16.3. The van der Waals surface area contributed by atoms with Gasteiger partial charge in [-0.1, -0.05) is 25.5 Å². The van der Waals surface area contributed by atoms with E-state index in [0.29, 0.717) is 12.1 Å². The Morgan fingerprint density at radius 2 is 2.14 bits per heavy atom.